The highest BCUT2D eigenvalue weighted by atomic mass is 31.1. The first-order chi connectivity index (χ1) is 9.28. The molecule has 122 valence electrons. The quantitative estimate of drug-likeness (QED) is 0.489. The molecule has 4 fully saturated rings. The molecule has 6 radical (unpaired) electrons. The van der Waals surface area contributed by atoms with Crippen LogP contribution in [0.5, 0.6) is 0 Å². The molecular formula is C18H34B2P2. The molecule has 0 aliphatic heterocycles. The van der Waals surface area contributed by atoms with Crippen LogP contribution in [0.1, 0.15) is 59.3 Å². The molecule has 2 atom stereocenters. The lowest BCUT2D eigenvalue weighted by atomic mass is 9.56. The van der Waals surface area contributed by atoms with Crippen molar-refractivity contribution in [2.24, 2.45) is 17.8 Å². The zero-order valence-corrected chi connectivity index (χ0v) is 17.2. The summed E-state index contributed by atoms with van der Waals surface area (Å²) >= 11 is 0. The van der Waals surface area contributed by atoms with Gasteiger partial charge in [-0.1, -0.05) is 20.8 Å². The summed E-state index contributed by atoms with van der Waals surface area (Å²) in [4.78, 5) is 0. The molecule has 4 heteroatoms. The monoisotopic (exact) mass is 334 g/mol. The van der Waals surface area contributed by atoms with E-state index >= 15 is 0 Å². The number of rotatable bonds is 4. The van der Waals surface area contributed by atoms with Gasteiger partial charge in [-0.15, -0.1) is 15.8 Å². The van der Waals surface area contributed by atoms with Crippen molar-refractivity contribution in [3.8, 4) is 0 Å². The largest absolute Gasteiger partial charge is 0.104 e. The normalized spacial score (nSPS) is 38.9. The van der Waals surface area contributed by atoms with E-state index in [4.69, 9.17) is 0 Å². The average Bonchev–Trinajstić information content (AvgIpc) is 2.32. The summed E-state index contributed by atoms with van der Waals surface area (Å²) in [5.74, 6) is 3.41. The predicted molar refractivity (Wildman–Crippen MR) is 108 cm³/mol. The van der Waals surface area contributed by atoms with Crippen LogP contribution in [0.15, 0.2) is 0 Å². The second-order valence-corrected chi connectivity index (χ2v) is 15.1. The molecule has 0 nitrogen and oxygen atoms in total. The van der Waals surface area contributed by atoms with Gasteiger partial charge in [0.1, 0.15) is 0 Å². The van der Waals surface area contributed by atoms with Gasteiger partial charge in [-0.2, -0.15) is 0 Å². The Balaban J connectivity index is 0.00000121. The second kappa shape index (κ2) is 7.48. The Labute approximate surface area is 146 Å². The molecule has 4 bridgehead atoms. The fourth-order valence-electron chi connectivity index (χ4n) is 5.41. The molecule has 0 amide bonds. The first-order valence-electron chi connectivity index (χ1n) is 8.71. The van der Waals surface area contributed by atoms with Gasteiger partial charge in [0, 0.05) is 16.8 Å². The lowest BCUT2D eigenvalue weighted by Gasteiger charge is -2.59. The maximum Gasteiger partial charge on any atom is 0 e. The molecule has 4 aliphatic rings. The highest BCUT2D eigenvalue weighted by molar-refractivity contribution is 7.62. The standard InChI is InChI=1S/C18H34P2.2B/c1-17(2,3)19(4)6-7-20(5)18-11-14-8-15(12-18)10-16(9-14)13-18;;/h14-16H,6-13H2,1-5H3;;/t14?,15?,16?,18?,19-,20-;;/m0../s1. The second-order valence-electron chi connectivity index (χ2n) is 9.16. The summed E-state index contributed by atoms with van der Waals surface area (Å²) < 4.78 is 0. The van der Waals surface area contributed by atoms with Crippen LogP contribution in [-0.2, 0) is 0 Å². The van der Waals surface area contributed by atoms with Gasteiger partial charge in [0.05, 0.1) is 0 Å². The zero-order chi connectivity index (χ0) is 14.5. The van der Waals surface area contributed by atoms with E-state index in [1.807, 2.05) is 0 Å². The Morgan fingerprint density at radius 2 is 1.23 bits per heavy atom. The molecule has 0 aromatic heterocycles. The van der Waals surface area contributed by atoms with Crippen LogP contribution < -0.4 is 0 Å². The molecule has 0 N–H and O–H groups in total. The van der Waals surface area contributed by atoms with Gasteiger partial charge >= 0.3 is 0 Å². The molecule has 0 spiro atoms. The van der Waals surface area contributed by atoms with Gasteiger partial charge in [-0.3, -0.25) is 0 Å². The highest BCUT2D eigenvalue weighted by Gasteiger charge is 2.52. The molecule has 0 unspecified atom stereocenters. The third kappa shape index (κ3) is 4.14. The van der Waals surface area contributed by atoms with Crippen LogP contribution in [0.25, 0.3) is 0 Å². The van der Waals surface area contributed by atoms with E-state index in [9.17, 15) is 0 Å². The van der Waals surface area contributed by atoms with Gasteiger partial charge in [-0.25, -0.2) is 0 Å². The fraction of sp³-hybridized carbons (Fsp3) is 1.00. The van der Waals surface area contributed by atoms with Crippen molar-refractivity contribution in [2.45, 2.75) is 69.6 Å². The van der Waals surface area contributed by atoms with Crippen LogP contribution in [0.3, 0.4) is 0 Å². The van der Waals surface area contributed by atoms with Crippen LogP contribution in [0.2, 0.25) is 0 Å². The van der Waals surface area contributed by atoms with Crippen molar-refractivity contribution in [1.82, 2.24) is 0 Å². The number of hydrogen-bond acceptors (Lipinski definition) is 0. The molecule has 0 heterocycles. The molecule has 0 aromatic carbocycles. The first kappa shape index (κ1) is 21.0. The van der Waals surface area contributed by atoms with Crippen LogP contribution >= 0.6 is 15.8 Å². The van der Waals surface area contributed by atoms with E-state index in [1.54, 1.807) is 44.7 Å². The highest BCUT2D eigenvalue weighted by Crippen LogP contribution is 2.68. The first-order valence-corrected chi connectivity index (χ1v) is 12.7. The van der Waals surface area contributed by atoms with Gasteiger partial charge in [-0.05, 0) is 92.2 Å². The Hall–Kier alpha value is 0.990. The Morgan fingerprint density at radius 3 is 1.59 bits per heavy atom. The van der Waals surface area contributed by atoms with Gasteiger partial charge in [0.25, 0.3) is 0 Å². The summed E-state index contributed by atoms with van der Waals surface area (Å²) in [6, 6.07) is 0. The average molecular weight is 334 g/mol. The lowest BCUT2D eigenvalue weighted by molar-refractivity contribution is 0.0357. The molecule has 4 aliphatic carbocycles. The summed E-state index contributed by atoms with van der Waals surface area (Å²) in [6.45, 7) is 12.6. The van der Waals surface area contributed by atoms with E-state index in [0.717, 1.165) is 22.9 Å². The van der Waals surface area contributed by atoms with Crippen molar-refractivity contribution in [3.05, 3.63) is 0 Å². The maximum atomic E-state index is 2.67. The molecule has 0 aromatic rings. The van der Waals surface area contributed by atoms with Crippen LogP contribution in [-0.4, -0.2) is 52.8 Å². The summed E-state index contributed by atoms with van der Waals surface area (Å²) in [7, 11) is 0.503. The van der Waals surface area contributed by atoms with Crippen molar-refractivity contribution in [2.75, 3.05) is 25.7 Å². The third-order valence-electron chi connectivity index (χ3n) is 6.73. The van der Waals surface area contributed by atoms with Crippen LogP contribution in [0, 0.1) is 17.8 Å². The van der Waals surface area contributed by atoms with Crippen LogP contribution in [0.4, 0.5) is 0 Å². The molecule has 0 saturated heterocycles. The minimum Gasteiger partial charge on any atom is -0.104 e. The van der Waals surface area contributed by atoms with E-state index < -0.39 is 0 Å². The SMILES string of the molecule is C[P@@](CC[P@](C)C12CC3CC(CC(C3)C1)C2)C(C)(C)C.[B].[B]. The van der Waals surface area contributed by atoms with Crippen molar-refractivity contribution in [3.63, 3.8) is 0 Å². The third-order valence-corrected chi connectivity index (χ3v) is 13.3. The zero-order valence-electron chi connectivity index (χ0n) is 15.4. The Kier molecular flexibility index (Phi) is 7.15. The summed E-state index contributed by atoms with van der Waals surface area (Å²) in [6.07, 6.45) is 12.8. The van der Waals surface area contributed by atoms with Gasteiger partial charge in [0.2, 0.25) is 0 Å². The maximum absolute atomic E-state index is 2.67. The summed E-state index contributed by atoms with van der Waals surface area (Å²) in [5.41, 5.74) is 0. The summed E-state index contributed by atoms with van der Waals surface area (Å²) in [5, 5.41) is 1.41. The molecular weight excluding hydrogens is 300 g/mol. The number of hydrogen-bond donors (Lipinski definition) is 0. The van der Waals surface area contributed by atoms with Crippen molar-refractivity contribution in [1.29, 1.82) is 0 Å². The molecule has 4 saturated carbocycles. The minimum atomic E-state index is 0. The van der Waals surface area contributed by atoms with Gasteiger partial charge in [0.15, 0.2) is 0 Å². The van der Waals surface area contributed by atoms with Gasteiger partial charge < -0.3 is 0 Å². The predicted octanol–water partition coefficient (Wildman–Crippen LogP) is 5.22. The lowest BCUT2D eigenvalue weighted by Crippen LogP contribution is -2.49. The van der Waals surface area contributed by atoms with Crippen molar-refractivity contribution >= 4 is 32.7 Å². The van der Waals surface area contributed by atoms with Crippen molar-refractivity contribution < 1.29 is 0 Å². The molecule has 4 rings (SSSR count). The topological polar surface area (TPSA) is 0 Å². The Morgan fingerprint density at radius 1 is 0.818 bits per heavy atom. The van der Waals surface area contributed by atoms with E-state index in [1.165, 1.54) is 6.16 Å². The van der Waals surface area contributed by atoms with E-state index in [-0.39, 0.29) is 32.7 Å². The minimum absolute atomic E-state index is 0. The smallest absolute Gasteiger partial charge is 0 e. The van der Waals surface area contributed by atoms with E-state index in [2.05, 4.69) is 34.1 Å². The Bertz CT molecular complexity index is 329. The fourth-order valence-corrected chi connectivity index (χ4v) is 10.7. The molecule has 22 heavy (non-hydrogen) atoms. The van der Waals surface area contributed by atoms with E-state index in [0.29, 0.717) is 5.16 Å².